The number of fused-ring (bicyclic) bond motifs is 1. The van der Waals surface area contributed by atoms with E-state index in [2.05, 4.69) is 15.1 Å². The maximum atomic E-state index is 13.2. The van der Waals surface area contributed by atoms with Gasteiger partial charge < -0.3 is 4.90 Å². The van der Waals surface area contributed by atoms with E-state index in [-0.39, 0.29) is 0 Å². The summed E-state index contributed by atoms with van der Waals surface area (Å²) in [6.07, 6.45) is 0. The molecule has 0 amide bonds. The van der Waals surface area contributed by atoms with Crippen LogP contribution in [0.3, 0.4) is 0 Å². The van der Waals surface area contributed by atoms with Gasteiger partial charge in [-0.25, -0.2) is 8.42 Å². The van der Waals surface area contributed by atoms with E-state index in [9.17, 15) is 8.42 Å². The van der Waals surface area contributed by atoms with Gasteiger partial charge in [-0.05, 0) is 47.2 Å². The number of halogens is 1. The number of nitrogens with zero attached hydrogens (tertiary/aromatic N) is 4. The monoisotopic (exact) mass is 464 g/mol. The summed E-state index contributed by atoms with van der Waals surface area (Å²) in [6, 6.07) is 24.3. The molecule has 0 saturated carbocycles. The van der Waals surface area contributed by atoms with E-state index in [4.69, 9.17) is 11.6 Å². The maximum Gasteiger partial charge on any atom is 0.243 e. The van der Waals surface area contributed by atoms with Gasteiger partial charge in [0.25, 0.3) is 0 Å². The van der Waals surface area contributed by atoms with E-state index < -0.39 is 10.0 Å². The molecule has 32 heavy (non-hydrogen) atoms. The Morgan fingerprint density at radius 3 is 2.16 bits per heavy atom. The number of anilines is 1. The lowest BCUT2D eigenvalue weighted by atomic mass is 10.1. The standard InChI is InChI=1S/C24H21ClN4O2S/c25-21-8-5-19(6-9-21)23-11-12-24(27-26-23)28-13-15-29(16-14-28)32(30,31)22-10-7-18-3-1-2-4-20(18)17-22/h1-12,17H,13-16H2. The molecule has 0 atom stereocenters. The van der Waals surface area contributed by atoms with E-state index in [0.29, 0.717) is 36.1 Å². The molecule has 0 radical (unpaired) electrons. The zero-order chi connectivity index (χ0) is 22.1. The Bertz CT molecular complexity index is 1350. The molecule has 1 aromatic heterocycles. The topological polar surface area (TPSA) is 66.4 Å². The minimum atomic E-state index is -3.55. The van der Waals surface area contributed by atoms with E-state index in [1.807, 2.05) is 66.7 Å². The fraction of sp³-hybridized carbons (Fsp3) is 0.167. The van der Waals surface area contributed by atoms with Gasteiger partial charge in [-0.2, -0.15) is 4.31 Å². The van der Waals surface area contributed by atoms with Crippen LogP contribution >= 0.6 is 11.6 Å². The average molecular weight is 465 g/mol. The molecule has 162 valence electrons. The molecule has 1 saturated heterocycles. The fourth-order valence-electron chi connectivity index (χ4n) is 3.90. The van der Waals surface area contributed by atoms with Crippen molar-refractivity contribution in [2.75, 3.05) is 31.1 Å². The maximum absolute atomic E-state index is 13.2. The quantitative estimate of drug-likeness (QED) is 0.446. The van der Waals surface area contributed by atoms with Crippen molar-refractivity contribution in [3.63, 3.8) is 0 Å². The molecular weight excluding hydrogens is 444 g/mol. The van der Waals surface area contributed by atoms with Crippen LogP contribution in [-0.4, -0.2) is 49.1 Å². The smallest absolute Gasteiger partial charge is 0.243 e. The van der Waals surface area contributed by atoms with Crippen molar-refractivity contribution >= 4 is 38.2 Å². The molecule has 6 nitrogen and oxygen atoms in total. The summed E-state index contributed by atoms with van der Waals surface area (Å²) in [7, 11) is -3.55. The minimum Gasteiger partial charge on any atom is -0.352 e. The summed E-state index contributed by atoms with van der Waals surface area (Å²) in [5, 5.41) is 11.3. The van der Waals surface area contributed by atoms with Crippen LogP contribution in [0, 0.1) is 0 Å². The fourth-order valence-corrected chi connectivity index (χ4v) is 5.49. The van der Waals surface area contributed by atoms with Crippen molar-refractivity contribution in [2.45, 2.75) is 4.90 Å². The number of aromatic nitrogens is 2. The molecule has 1 fully saturated rings. The van der Waals surface area contributed by atoms with Crippen LogP contribution in [0.25, 0.3) is 22.0 Å². The van der Waals surface area contributed by atoms with Crippen molar-refractivity contribution in [3.8, 4) is 11.3 Å². The van der Waals surface area contributed by atoms with Crippen LogP contribution in [-0.2, 0) is 10.0 Å². The van der Waals surface area contributed by atoms with Crippen molar-refractivity contribution in [3.05, 3.63) is 83.9 Å². The summed E-state index contributed by atoms with van der Waals surface area (Å²) in [5.74, 6) is 0.741. The first-order valence-electron chi connectivity index (χ1n) is 10.3. The van der Waals surface area contributed by atoms with Gasteiger partial charge in [-0.3, -0.25) is 0 Å². The summed E-state index contributed by atoms with van der Waals surface area (Å²) in [4.78, 5) is 2.39. The van der Waals surface area contributed by atoms with Gasteiger partial charge in [0.1, 0.15) is 0 Å². The SMILES string of the molecule is O=S(=O)(c1ccc2ccccc2c1)N1CCN(c2ccc(-c3ccc(Cl)cc3)nn2)CC1. The Labute approximate surface area is 192 Å². The van der Waals surface area contributed by atoms with E-state index in [0.717, 1.165) is 27.8 Å². The van der Waals surface area contributed by atoms with Crippen LogP contribution in [0.1, 0.15) is 0 Å². The van der Waals surface area contributed by atoms with Crippen LogP contribution in [0.15, 0.2) is 83.8 Å². The minimum absolute atomic E-state index is 0.330. The normalized spacial score (nSPS) is 15.2. The third-order valence-electron chi connectivity index (χ3n) is 5.71. The van der Waals surface area contributed by atoms with Crippen LogP contribution in [0.2, 0.25) is 5.02 Å². The second-order valence-electron chi connectivity index (χ2n) is 7.68. The average Bonchev–Trinajstić information content (AvgIpc) is 2.84. The molecule has 0 aliphatic carbocycles. The number of hydrogen-bond donors (Lipinski definition) is 0. The van der Waals surface area contributed by atoms with E-state index in [1.54, 1.807) is 16.4 Å². The molecule has 0 spiro atoms. The Balaban J connectivity index is 1.28. The Hall–Kier alpha value is -3.00. The van der Waals surface area contributed by atoms with Gasteiger partial charge >= 0.3 is 0 Å². The molecule has 8 heteroatoms. The van der Waals surface area contributed by atoms with Gasteiger partial charge in [0.05, 0.1) is 10.6 Å². The highest BCUT2D eigenvalue weighted by atomic mass is 35.5. The van der Waals surface area contributed by atoms with Crippen molar-refractivity contribution in [1.29, 1.82) is 0 Å². The van der Waals surface area contributed by atoms with Gasteiger partial charge in [0, 0.05) is 36.8 Å². The van der Waals surface area contributed by atoms with Gasteiger partial charge in [-0.1, -0.05) is 54.1 Å². The molecule has 0 unspecified atom stereocenters. The highest BCUT2D eigenvalue weighted by Gasteiger charge is 2.29. The Kier molecular flexibility index (Phi) is 5.55. The number of rotatable bonds is 4. The second-order valence-corrected chi connectivity index (χ2v) is 10.1. The van der Waals surface area contributed by atoms with E-state index in [1.165, 1.54) is 0 Å². The Morgan fingerprint density at radius 2 is 1.47 bits per heavy atom. The molecule has 2 heterocycles. The summed E-state index contributed by atoms with van der Waals surface area (Å²) >= 11 is 5.95. The molecular formula is C24H21ClN4O2S. The van der Waals surface area contributed by atoms with Gasteiger partial charge in [0.15, 0.2) is 5.82 Å². The van der Waals surface area contributed by atoms with Crippen LogP contribution in [0.4, 0.5) is 5.82 Å². The molecule has 1 aliphatic heterocycles. The number of sulfonamides is 1. The lowest BCUT2D eigenvalue weighted by molar-refractivity contribution is 0.383. The first kappa shape index (κ1) is 20.9. The highest BCUT2D eigenvalue weighted by Crippen LogP contribution is 2.25. The summed E-state index contributed by atoms with van der Waals surface area (Å²) < 4.78 is 27.9. The predicted octanol–water partition coefficient (Wildman–Crippen LogP) is 4.46. The number of hydrogen-bond acceptors (Lipinski definition) is 5. The number of piperazine rings is 1. The molecule has 0 N–H and O–H groups in total. The first-order valence-corrected chi connectivity index (χ1v) is 12.2. The largest absolute Gasteiger partial charge is 0.352 e. The van der Waals surface area contributed by atoms with Gasteiger partial charge in [-0.15, -0.1) is 10.2 Å². The summed E-state index contributed by atoms with van der Waals surface area (Å²) in [5.41, 5.74) is 1.71. The lowest BCUT2D eigenvalue weighted by Crippen LogP contribution is -2.49. The zero-order valence-corrected chi connectivity index (χ0v) is 18.8. The van der Waals surface area contributed by atoms with Crippen molar-refractivity contribution in [2.24, 2.45) is 0 Å². The molecule has 3 aromatic carbocycles. The second kappa shape index (κ2) is 8.50. The predicted molar refractivity (Wildman–Crippen MR) is 127 cm³/mol. The van der Waals surface area contributed by atoms with Crippen LogP contribution in [0.5, 0.6) is 0 Å². The molecule has 1 aliphatic rings. The van der Waals surface area contributed by atoms with Crippen LogP contribution < -0.4 is 4.90 Å². The number of benzene rings is 3. The third kappa shape index (κ3) is 4.07. The molecule has 4 aromatic rings. The van der Waals surface area contributed by atoms with Crippen molar-refractivity contribution in [1.82, 2.24) is 14.5 Å². The zero-order valence-electron chi connectivity index (χ0n) is 17.2. The Morgan fingerprint density at radius 1 is 0.750 bits per heavy atom. The third-order valence-corrected chi connectivity index (χ3v) is 7.86. The van der Waals surface area contributed by atoms with Gasteiger partial charge in [0.2, 0.25) is 10.0 Å². The highest BCUT2D eigenvalue weighted by molar-refractivity contribution is 7.89. The molecule has 0 bridgehead atoms. The van der Waals surface area contributed by atoms with E-state index >= 15 is 0 Å². The molecule has 5 rings (SSSR count). The first-order chi connectivity index (χ1) is 15.5. The lowest BCUT2D eigenvalue weighted by Gasteiger charge is -2.34. The van der Waals surface area contributed by atoms with Crippen molar-refractivity contribution < 1.29 is 8.42 Å². The summed E-state index contributed by atoms with van der Waals surface area (Å²) in [6.45, 7) is 1.91.